The molecular weight excluding hydrogens is 554 g/mol. The molecule has 1 fully saturated rings. The van der Waals surface area contributed by atoms with Gasteiger partial charge in [0.25, 0.3) is 0 Å². The molecule has 0 spiro atoms. The van der Waals surface area contributed by atoms with Crippen molar-refractivity contribution in [1.82, 2.24) is 0 Å². The molecule has 8 heteroatoms. The monoisotopic (exact) mass is 588 g/mol. The van der Waals surface area contributed by atoms with Crippen LogP contribution >= 0.6 is 0 Å². The zero-order valence-electron chi connectivity index (χ0n) is 23.5. The summed E-state index contributed by atoms with van der Waals surface area (Å²) in [5, 5.41) is 9.38. The molecule has 2 aliphatic carbocycles. The second kappa shape index (κ2) is 12.8. The SMILES string of the molecule is CCOc1ccc(-c2ccc(C3=CCC(CCC4CCC(c5ccc(O)c(F)c5F)CC4)CC3)c(F)c2F)c(F)c1F. The molecule has 1 unspecified atom stereocenters. The minimum Gasteiger partial charge on any atom is -0.505 e. The summed E-state index contributed by atoms with van der Waals surface area (Å²) < 4.78 is 92.3. The van der Waals surface area contributed by atoms with Crippen molar-refractivity contribution in [2.75, 3.05) is 6.61 Å². The predicted octanol–water partition coefficient (Wildman–Crippen LogP) is 10.2. The van der Waals surface area contributed by atoms with E-state index in [-0.39, 0.29) is 35.0 Å². The number of halogens is 6. The van der Waals surface area contributed by atoms with E-state index in [2.05, 4.69) is 0 Å². The van der Waals surface area contributed by atoms with Crippen molar-refractivity contribution >= 4 is 5.57 Å². The number of benzene rings is 3. The van der Waals surface area contributed by atoms with Crippen molar-refractivity contribution < 1.29 is 36.2 Å². The fourth-order valence-corrected chi connectivity index (χ4v) is 6.51. The predicted molar refractivity (Wildman–Crippen MR) is 150 cm³/mol. The van der Waals surface area contributed by atoms with Gasteiger partial charge in [0, 0.05) is 16.7 Å². The number of hydrogen-bond acceptors (Lipinski definition) is 2. The Bertz CT molecular complexity index is 1480. The lowest BCUT2D eigenvalue weighted by molar-refractivity contribution is 0.278. The second-order valence-electron chi connectivity index (χ2n) is 11.4. The molecule has 0 bridgehead atoms. The highest BCUT2D eigenvalue weighted by atomic mass is 19.2. The van der Waals surface area contributed by atoms with E-state index in [1.54, 1.807) is 6.92 Å². The summed E-state index contributed by atoms with van der Waals surface area (Å²) in [4.78, 5) is 0. The van der Waals surface area contributed by atoms with E-state index in [1.807, 2.05) is 6.08 Å². The van der Waals surface area contributed by atoms with Gasteiger partial charge in [-0.3, -0.25) is 0 Å². The van der Waals surface area contributed by atoms with E-state index in [0.717, 1.165) is 51.4 Å². The number of aromatic hydroxyl groups is 1. The van der Waals surface area contributed by atoms with E-state index >= 15 is 8.78 Å². The fraction of sp³-hybridized carbons (Fsp3) is 0.412. The van der Waals surface area contributed by atoms with Crippen molar-refractivity contribution in [3.63, 3.8) is 0 Å². The van der Waals surface area contributed by atoms with E-state index < -0.39 is 40.7 Å². The molecule has 0 amide bonds. The third-order valence-corrected chi connectivity index (χ3v) is 8.95. The first-order chi connectivity index (χ1) is 20.2. The third-order valence-electron chi connectivity index (χ3n) is 8.95. The molecule has 1 N–H and O–H groups in total. The first-order valence-electron chi connectivity index (χ1n) is 14.6. The highest BCUT2D eigenvalue weighted by Gasteiger charge is 2.28. The molecule has 2 aliphatic rings. The normalized spacial score (nSPS) is 20.8. The Kier molecular flexibility index (Phi) is 9.19. The van der Waals surface area contributed by atoms with Gasteiger partial charge in [-0.15, -0.1) is 0 Å². The number of allylic oxidation sites excluding steroid dienone is 2. The van der Waals surface area contributed by atoms with Gasteiger partial charge in [-0.1, -0.05) is 30.7 Å². The lowest BCUT2D eigenvalue weighted by atomic mass is 9.75. The number of hydrogen-bond donors (Lipinski definition) is 1. The molecule has 0 saturated heterocycles. The molecule has 42 heavy (non-hydrogen) atoms. The van der Waals surface area contributed by atoms with Crippen LogP contribution in [-0.4, -0.2) is 11.7 Å². The Hall–Kier alpha value is -3.42. The van der Waals surface area contributed by atoms with Crippen LogP contribution in [0, 0.1) is 46.7 Å². The van der Waals surface area contributed by atoms with Gasteiger partial charge in [0.05, 0.1) is 6.61 Å². The molecule has 5 rings (SSSR count). The highest BCUT2D eigenvalue weighted by molar-refractivity contribution is 5.72. The standard InChI is InChI=1S/C34H34F6O2/c1-2-42-28-18-16-26(32(38)34(28)40)25-14-13-23(29(35)31(25)37)21-9-5-19(6-10-21)3-4-20-7-11-22(12-8-20)24-15-17-27(41)33(39)30(24)36/h9,13-20,22,41H,2-8,10-12H2,1H3. The van der Waals surface area contributed by atoms with Crippen molar-refractivity contribution in [1.29, 1.82) is 0 Å². The topological polar surface area (TPSA) is 29.5 Å². The molecule has 1 saturated carbocycles. The number of phenolic OH excluding ortho intramolecular Hbond substituents is 1. The highest BCUT2D eigenvalue weighted by Crippen LogP contribution is 2.42. The van der Waals surface area contributed by atoms with Crippen LogP contribution in [0.2, 0.25) is 0 Å². The van der Waals surface area contributed by atoms with Crippen LogP contribution in [0.4, 0.5) is 26.3 Å². The molecule has 224 valence electrons. The largest absolute Gasteiger partial charge is 0.505 e. The van der Waals surface area contributed by atoms with E-state index in [1.165, 1.54) is 36.4 Å². The summed E-state index contributed by atoms with van der Waals surface area (Å²) in [5.41, 5.74) is 0.458. The smallest absolute Gasteiger partial charge is 0.201 e. The van der Waals surface area contributed by atoms with Crippen LogP contribution in [0.5, 0.6) is 11.5 Å². The van der Waals surface area contributed by atoms with Gasteiger partial charge in [0.2, 0.25) is 11.6 Å². The maximum Gasteiger partial charge on any atom is 0.201 e. The number of rotatable bonds is 8. The minimum atomic E-state index is -1.29. The average Bonchev–Trinajstić information content (AvgIpc) is 3.00. The zero-order chi connectivity index (χ0) is 30.0. The maximum atomic E-state index is 15.2. The summed E-state index contributed by atoms with van der Waals surface area (Å²) in [7, 11) is 0. The van der Waals surface area contributed by atoms with Crippen LogP contribution in [0.25, 0.3) is 16.7 Å². The van der Waals surface area contributed by atoms with Crippen molar-refractivity contribution in [2.45, 2.75) is 70.6 Å². The zero-order valence-corrected chi connectivity index (χ0v) is 23.5. The molecular formula is C34H34F6O2. The molecule has 0 aliphatic heterocycles. The van der Waals surface area contributed by atoms with Gasteiger partial charge < -0.3 is 9.84 Å². The van der Waals surface area contributed by atoms with Gasteiger partial charge >= 0.3 is 0 Å². The van der Waals surface area contributed by atoms with Crippen LogP contribution < -0.4 is 4.74 Å². The lowest BCUT2D eigenvalue weighted by Crippen LogP contribution is -2.16. The second-order valence-corrected chi connectivity index (χ2v) is 11.4. The Balaban J connectivity index is 1.17. The summed E-state index contributed by atoms with van der Waals surface area (Å²) in [6.07, 6.45) is 9.53. The Morgan fingerprint density at radius 2 is 1.29 bits per heavy atom. The van der Waals surface area contributed by atoms with Crippen molar-refractivity contribution in [3.8, 4) is 22.6 Å². The Labute approximate surface area is 242 Å². The van der Waals surface area contributed by atoms with Gasteiger partial charge in [-0.05, 0) is 105 Å². The Morgan fingerprint density at radius 1 is 0.667 bits per heavy atom. The first-order valence-corrected chi connectivity index (χ1v) is 14.6. The molecule has 2 nitrogen and oxygen atoms in total. The molecule has 0 radical (unpaired) electrons. The molecule has 3 aromatic carbocycles. The molecule has 0 heterocycles. The van der Waals surface area contributed by atoms with E-state index in [0.29, 0.717) is 29.4 Å². The maximum absolute atomic E-state index is 15.2. The van der Waals surface area contributed by atoms with Gasteiger partial charge in [0.15, 0.2) is 34.8 Å². The summed E-state index contributed by atoms with van der Waals surface area (Å²) >= 11 is 0. The Morgan fingerprint density at radius 3 is 1.95 bits per heavy atom. The fourth-order valence-electron chi connectivity index (χ4n) is 6.51. The van der Waals surface area contributed by atoms with E-state index in [4.69, 9.17) is 4.74 Å². The van der Waals surface area contributed by atoms with Gasteiger partial charge in [0.1, 0.15) is 0 Å². The minimum absolute atomic E-state index is 0.0526. The molecule has 3 aromatic rings. The van der Waals surface area contributed by atoms with Gasteiger partial charge in [-0.2, -0.15) is 8.78 Å². The van der Waals surface area contributed by atoms with Crippen LogP contribution in [-0.2, 0) is 0 Å². The van der Waals surface area contributed by atoms with Crippen LogP contribution in [0.1, 0.15) is 81.8 Å². The molecule has 0 aromatic heterocycles. The number of phenols is 1. The number of ether oxygens (including phenoxy) is 1. The third kappa shape index (κ3) is 6.04. The quantitative estimate of drug-likeness (QED) is 0.265. The summed E-state index contributed by atoms with van der Waals surface area (Å²) in [6.45, 7) is 1.76. The lowest BCUT2D eigenvalue weighted by Gasteiger charge is -2.30. The average molecular weight is 589 g/mol. The van der Waals surface area contributed by atoms with Crippen LogP contribution in [0.15, 0.2) is 42.5 Å². The van der Waals surface area contributed by atoms with Crippen LogP contribution in [0.3, 0.4) is 0 Å². The van der Waals surface area contributed by atoms with Crippen molar-refractivity contribution in [2.24, 2.45) is 11.8 Å². The van der Waals surface area contributed by atoms with Gasteiger partial charge in [-0.25, -0.2) is 17.6 Å². The van der Waals surface area contributed by atoms with Crippen molar-refractivity contribution in [3.05, 3.63) is 88.5 Å². The summed E-state index contributed by atoms with van der Waals surface area (Å²) in [6, 6.07) is 7.79. The van der Waals surface area contributed by atoms with E-state index in [9.17, 15) is 22.7 Å². The first kappa shape index (κ1) is 30.1. The molecule has 1 atom stereocenters. The summed E-state index contributed by atoms with van der Waals surface area (Å²) in [5.74, 6) is -7.05.